The average Bonchev–Trinajstić information content (AvgIpc) is 2.17. The number of unbranched alkanes of at least 4 members (excludes halogenated alkanes) is 4. The van der Waals surface area contributed by atoms with Crippen LogP contribution < -0.4 is 0 Å². The highest BCUT2D eigenvalue weighted by Crippen LogP contribution is 2.06. The van der Waals surface area contributed by atoms with Crippen LogP contribution in [0.3, 0.4) is 0 Å². The van der Waals surface area contributed by atoms with Crippen molar-refractivity contribution in [3.63, 3.8) is 0 Å². The second kappa shape index (κ2) is 9.13. The second-order valence-electron chi connectivity index (χ2n) is 3.26. The molecule has 0 aromatic rings. The monoisotopic (exact) mass is 215 g/mol. The number of ether oxygens (including phenoxy) is 1. The van der Waals surface area contributed by atoms with Crippen molar-refractivity contribution in [2.75, 3.05) is 0 Å². The average molecular weight is 215 g/mol. The molecule has 0 rings (SSSR count). The van der Waals surface area contributed by atoms with E-state index in [2.05, 4.69) is 13.8 Å². The summed E-state index contributed by atoms with van der Waals surface area (Å²) in [7, 11) is 0. The zero-order valence-electron chi connectivity index (χ0n) is 8.88. The Kier molecular flexibility index (Phi) is 8.84. The molecule has 0 N–H and O–H groups in total. The van der Waals surface area contributed by atoms with Crippen LogP contribution in [0.5, 0.6) is 0 Å². The molecule has 1 radical (unpaired) electrons. The molecular formula is C11H19O2S. The Bertz CT molecular complexity index is 178. The first kappa shape index (κ1) is 13.6. The van der Waals surface area contributed by atoms with Crippen molar-refractivity contribution in [3.05, 3.63) is 6.92 Å². The Morgan fingerprint density at radius 2 is 1.93 bits per heavy atom. The molecule has 0 spiro atoms. The van der Waals surface area contributed by atoms with Gasteiger partial charge in [-0.25, -0.2) is 0 Å². The van der Waals surface area contributed by atoms with Gasteiger partial charge < -0.3 is 4.74 Å². The molecule has 0 atom stereocenters. The quantitative estimate of drug-likeness (QED) is 0.370. The van der Waals surface area contributed by atoms with Crippen LogP contribution in [0.25, 0.3) is 0 Å². The van der Waals surface area contributed by atoms with Crippen molar-refractivity contribution in [1.82, 2.24) is 0 Å². The third kappa shape index (κ3) is 8.17. The van der Waals surface area contributed by atoms with Crippen LogP contribution in [0.4, 0.5) is 0 Å². The third-order valence-electron chi connectivity index (χ3n) is 1.92. The predicted octanol–water partition coefficient (Wildman–Crippen LogP) is 3.44. The normalized spacial score (nSPS) is 9.86. The molecular weight excluding hydrogens is 196 g/mol. The van der Waals surface area contributed by atoms with Crippen LogP contribution in [0.2, 0.25) is 0 Å². The molecule has 0 bridgehead atoms. The number of carbonyl (C=O) groups is 1. The topological polar surface area (TPSA) is 26.3 Å². The molecule has 0 aromatic carbocycles. The standard InChI is InChI=1S/C11H19O2S/c1-3-5-6-7-8-9-10(12)13-11(14)4-2/h2-9H2,1H3. The lowest BCUT2D eigenvalue weighted by Crippen LogP contribution is -2.09. The first-order valence-corrected chi connectivity index (χ1v) is 5.64. The molecule has 0 aliphatic carbocycles. The fourth-order valence-electron chi connectivity index (χ4n) is 1.10. The van der Waals surface area contributed by atoms with Crippen molar-refractivity contribution in [1.29, 1.82) is 0 Å². The van der Waals surface area contributed by atoms with Gasteiger partial charge in [0.15, 0.2) is 5.05 Å². The van der Waals surface area contributed by atoms with Gasteiger partial charge in [0.2, 0.25) is 0 Å². The number of carbonyl (C=O) groups excluding carboxylic acids is 1. The molecule has 0 aromatic heterocycles. The summed E-state index contributed by atoms with van der Waals surface area (Å²) in [6.45, 7) is 5.71. The third-order valence-corrected chi connectivity index (χ3v) is 2.20. The molecule has 0 unspecified atom stereocenters. The molecule has 3 heteroatoms. The van der Waals surface area contributed by atoms with Gasteiger partial charge in [0, 0.05) is 12.8 Å². The summed E-state index contributed by atoms with van der Waals surface area (Å²) in [5.41, 5.74) is 0. The van der Waals surface area contributed by atoms with Crippen molar-refractivity contribution in [2.45, 2.75) is 51.9 Å². The van der Waals surface area contributed by atoms with Gasteiger partial charge in [0.25, 0.3) is 0 Å². The molecule has 0 saturated carbocycles. The number of thiocarbonyl (C=S) groups is 1. The van der Waals surface area contributed by atoms with Crippen LogP contribution in [-0.2, 0) is 9.53 Å². The van der Waals surface area contributed by atoms with Crippen molar-refractivity contribution in [2.24, 2.45) is 0 Å². The van der Waals surface area contributed by atoms with E-state index in [0.29, 0.717) is 17.9 Å². The minimum absolute atomic E-state index is 0.213. The Hall–Kier alpha value is -0.440. The number of hydrogen-bond donors (Lipinski definition) is 0. The second-order valence-corrected chi connectivity index (χ2v) is 3.72. The smallest absolute Gasteiger partial charge is 0.311 e. The Labute approximate surface area is 92.0 Å². The fraction of sp³-hybridized carbons (Fsp3) is 0.727. The highest BCUT2D eigenvalue weighted by Gasteiger charge is 2.04. The predicted molar refractivity (Wildman–Crippen MR) is 62.0 cm³/mol. The largest absolute Gasteiger partial charge is 0.419 e. The number of esters is 1. The zero-order chi connectivity index (χ0) is 10.8. The van der Waals surface area contributed by atoms with Gasteiger partial charge >= 0.3 is 5.97 Å². The lowest BCUT2D eigenvalue weighted by Gasteiger charge is -2.03. The highest BCUT2D eigenvalue weighted by molar-refractivity contribution is 7.80. The molecule has 14 heavy (non-hydrogen) atoms. The molecule has 0 heterocycles. The van der Waals surface area contributed by atoms with Gasteiger partial charge in [-0.1, -0.05) is 32.6 Å². The van der Waals surface area contributed by atoms with Crippen LogP contribution in [0.15, 0.2) is 0 Å². The summed E-state index contributed by atoms with van der Waals surface area (Å²) in [5.74, 6) is -0.213. The minimum Gasteiger partial charge on any atom is -0.419 e. The van der Waals surface area contributed by atoms with Gasteiger partial charge in [-0.3, -0.25) is 4.79 Å². The van der Waals surface area contributed by atoms with Crippen LogP contribution in [0.1, 0.15) is 51.9 Å². The van der Waals surface area contributed by atoms with E-state index in [4.69, 9.17) is 17.0 Å². The first-order valence-electron chi connectivity index (χ1n) is 5.23. The zero-order valence-corrected chi connectivity index (χ0v) is 9.70. The lowest BCUT2D eigenvalue weighted by molar-refractivity contribution is -0.135. The molecule has 0 saturated heterocycles. The summed E-state index contributed by atoms with van der Waals surface area (Å²) in [5, 5.41) is 0.295. The van der Waals surface area contributed by atoms with E-state index in [9.17, 15) is 4.79 Å². The Morgan fingerprint density at radius 3 is 2.50 bits per heavy atom. The SMILES string of the molecule is [CH2]CC(=S)OC(=O)CCCCCCC. The summed E-state index contributed by atoms with van der Waals surface area (Å²) < 4.78 is 4.84. The van der Waals surface area contributed by atoms with E-state index in [1.165, 1.54) is 19.3 Å². The maximum absolute atomic E-state index is 11.1. The van der Waals surface area contributed by atoms with Gasteiger partial charge in [-0.15, -0.1) is 0 Å². The Morgan fingerprint density at radius 1 is 1.29 bits per heavy atom. The molecule has 0 fully saturated rings. The van der Waals surface area contributed by atoms with E-state index >= 15 is 0 Å². The van der Waals surface area contributed by atoms with Crippen LogP contribution in [-0.4, -0.2) is 11.0 Å². The van der Waals surface area contributed by atoms with Crippen molar-refractivity contribution >= 4 is 23.2 Å². The Balaban J connectivity index is 3.31. The van der Waals surface area contributed by atoms with Gasteiger partial charge in [0.05, 0.1) is 0 Å². The summed E-state index contributed by atoms with van der Waals surface area (Å²) in [6, 6.07) is 0. The minimum atomic E-state index is -0.213. The van der Waals surface area contributed by atoms with Crippen molar-refractivity contribution < 1.29 is 9.53 Å². The van der Waals surface area contributed by atoms with Gasteiger partial charge in [0.1, 0.15) is 0 Å². The molecule has 0 aliphatic rings. The van der Waals surface area contributed by atoms with E-state index in [-0.39, 0.29) is 5.97 Å². The maximum atomic E-state index is 11.1. The van der Waals surface area contributed by atoms with E-state index < -0.39 is 0 Å². The fourth-order valence-corrected chi connectivity index (χ4v) is 1.19. The highest BCUT2D eigenvalue weighted by atomic mass is 32.1. The van der Waals surface area contributed by atoms with Crippen molar-refractivity contribution in [3.8, 4) is 0 Å². The van der Waals surface area contributed by atoms with Gasteiger partial charge in [-0.05, 0) is 25.6 Å². The van der Waals surface area contributed by atoms with Gasteiger partial charge in [-0.2, -0.15) is 0 Å². The van der Waals surface area contributed by atoms with E-state index in [1.54, 1.807) is 0 Å². The number of rotatable bonds is 7. The summed E-state index contributed by atoms with van der Waals surface area (Å²) in [6.07, 6.45) is 6.52. The van der Waals surface area contributed by atoms with Crippen LogP contribution in [0, 0.1) is 6.92 Å². The van der Waals surface area contributed by atoms with Crippen LogP contribution >= 0.6 is 12.2 Å². The number of hydrogen-bond acceptors (Lipinski definition) is 3. The molecule has 0 aliphatic heterocycles. The maximum Gasteiger partial charge on any atom is 0.311 e. The van der Waals surface area contributed by atoms with E-state index in [1.807, 2.05) is 0 Å². The first-order chi connectivity index (χ1) is 6.70. The lowest BCUT2D eigenvalue weighted by atomic mass is 10.1. The van der Waals surface area contributed by atoms with E-state index in [0.717, 1.165) is 12.8 Å². The summed E-state index contributed by atoms with van der Waals surface area (Å²) in [4.78, 5) is 11.1. The molecule has 0 amide bonds. The summed E-state index contributed by atoms with van der Waals surface area (Å²) >= 11 is 4.75. The molecule has 81 valence electrons. The molecule has 2 nitrogen and oxygen atoms in total.